The molecule has 17 heavy (non-hydrogen) atoms. The quantitative estimate of drug-likeness (QED) is 0.869. The van der Waals surface area contributed by atoms with Gasteiger partial charge in [-0.1, -0.05) is 36.4 Å². The largest absolute Gasteiger partial charge is 0.276 e. The summed E-state index contributed by atoms with van der Waals surface area (Å²) in [6.45, 7) is 0. The van der Waals surface area contributed by atoms with Crippen molar-refractivity contribution in [2.45, 2.75) is 5.54 Å². The third-order valence-corrected chi connectivity index (χ3v) is 4.20. The lowest BCUT2D eigenvalue weighted by Crippen LogP contribution is -2.35. The summed E-state index contributed by atoms with van der Waals surface area (Å²) in [4.78, 5) is 4.32. The van der Waals surface area contributed by atoms with Crippen molar-refractivity contribution >= 4 is 16.2 Å². The summed E-state index contributed by atoms with van der Waals surface area (Å²) in [5, 5.41) is 0. The molecule has 0 radical (unpaired) electrons. The first-order chi connectivity index (χ1) is 8.08. The molecule has 0 aliphatic carbocycles. The third-order valence-electron chi connectivity index (χ3n) is 2.76. The van der Waals surface area contributed by atoms with E-state index in [9.17, 15) is 8.42 Å². The minimum atomic E-state index is -3.32. The summed E-state index contributed by atoms with van der Waals surface area (Å²) in [5.74, 6) is -0.0759. The molecule has 1 aliphatic heterocycles. The molecule has 1 aromatic rings. The fraction of sp³-hybridized carbons (Fsp3) is 0.250. The molecule has 5 heteroatoms. The first-order valence-electron chi connectivity index (χ1n) is 5.28. The number of hydrogen-bond acceptors (Lipinski definition) is 3. The highest BCUT2D eigenvalue weighted by Crippen LogP contribution is 2.31. The smallest absolute Gasteiger partial charge is 0.214 e. The molecule has 2 rings (SSSR count). The van der Waals surface area contributed by atoms with Crippen LogP contribution in [0.5, 0.6) is 0 Å². The van der Waals surface area contributed by atoms with Gasteiger partial charge >= 0.3 is 0 Å². The Labute approximate surface area is 101 Å². The van der Waals surface area contributed by atoms with Crippen LogP contribution in [0.15, 0.2) is 47.5 Å². The number of nitrogens with one attached hydrogen (secondary N) is 1. The topological polar surface area (TPSA) is 58.5 Å². The van der Waals surface area contributed by atoms with Gasteiger partial charge in [0, 0.05) is 6.21 Å². The van der Waals surface area contributed by atoms with E-state index in [1.165, 1.54) is 7.05 Å². The number of rotatable bonds is 4. The van der Waals surface area contributed by atoms with Crippen LogP contribution >= 0.6 is 0 Å². The summed E-state index contributed by atoms with van der Waals surface area (Å²) in [7, 11) is -1.91. The second-order valence-electron chi connectivity index (χ2n) is 3.89. The standard InChI is InChI=1S/C12H14N2O2S/c1-13-17(15,16)10-12(8-5-9-14-12)11-6-3-2-4-7-11/h2-9,13H,10H2,1H3. The highest BCUT2D eigenvalue weighted by Gasteiger charge is 2.35. The molecule has 1 aromatic carbocycles. The molecule has 1 atom stereocenters. The van der Waals surface area contributed by atoms with Crippen molar-refractivity contribution in [3.63, 3.8) is 0 Å². The van der Waals surface area contributed by atoms with E-state index in [1.807, 2.05) is 36.4 Å². The van der Waals surface area contributed by atoms with Gasteiger partial charge in [-0.15, -0.1) is 0 Å². The van der Waals surface area contributed by atoms with Crippen LogP contribution in [-0.4, -0.2) is 27.4 Å². The highest BCUT2D eigenvalue weighted by molar-refractivity contribution is 7.89. The first-order valence-corrected chi connectivity index (χ1v) is 6.93. The Morgan fingerprint density at radius 2 is 2.00 bits per heavy atom. The van der Waals surface area contributed by atoms with E-state index in [0.29, 0.717) is 0 Å². The lowest BCUT2D eigenvalue weighted by atomic mass is 9.93. The molecule has 90 valence electrons. The number of aliphatic imine (C=N–C) groups is 1. The predicted molar refractivity (Wildman–Crippen MR) is 68.6 cm³/mol. The van der Waals surface area contributed by atoms with Gasteiger partial charge in [-0.3, -0.25) is 4.99 Å². The summed E-state index contributed by atoms with van der Waals surface area (Å²) in [6, 6.07) is 9.43. The zero-order valence-electron chi connectivity index (χ0n) is 9.50. The van der Waals surface area contributed by atoms with Crippen molar-refractivity contribution in [1.29, 1.82) is 0 Å². The monoisotopic (exact) mass is 250 g/mol. The zero-order chi connectivity index (χ0) is 12.4. The van der Waals surface area contributed by atoms with Crippen molar-refractivity contribution < 1.29 is 8.42 Å². The van der Waals surface area contributed by atoms with Crippen LogP contribution in [0.2, 0.25) is 0 Å². The molecule has 0 aromatic heterocycles. The molecule has 0 bridgehead atoms. The molecule has 1 heterocycles. The van der Waals surface area contributed by atoms with Gasteiger partial charge in [0.15, 0.2) is 0 Å². The minimum Gasteiger partial charge on any atom is -0.276 e. The Hall–Kier alpha value is -1.46. The average molecular weight is 250 g/mol. The molecular weight excluding hydrogens is 236 g/mol. The molecule has 4 nitrogen and oxygen atoms in total. The maximum Gasteiger partial charge on any atom is 0.214 e. The van der Waals surface area contributed by atoms with E-state index in [4.69, 9.17) is 0 Å². The fourth-order valence-corrected chi connectivity index (χ4v) is 2.91. The predicted octanol–water partition coefficient (Wildman–Crippen LogP) is 1.07. The van der Waals surface area contributed by atoms with E-state index in [-0.39, 0.29) is 5.75 Å². The summed E-state index contributed by atoms with van der Waals surface area (Å²) in [6.07, 6.45) is 5.23. The maximum atomic E-state index is 11.7. The van der Waals surface area contributed by atoms with Gasteiger partial charge in [0.05, 0.1) is 5.75 Å². The van der Waals surface area contributed by atoms with Crippen LogP contribution in [0.3, 0.4) is 0 Å². The average Bonchev–Trinajstić information content (AvgIpc) is 2.79. The van der Waals surface area contributed by atoms with Gasteiger partial charge in [-0.25, -0.2) is 13.1 Å². The minimum absolute atomic E-state index is 0.0759. The first kappa shape index (κ1) is 12.0. The van der Waals surface area contributed by atoms with Gasteiger partial charge in [0.1, 0.15) is 5.54 Å². The fourth-order valence-electron chi connectivity index (χ4n) is 1.85. The Morgan fingerprint density at radius 1 is 1.29 bits per heavy atom. The molecule has 0 saturated carbocycles. The number of benzene rings is 1. The van der Waals surface area contributed by atoms with Gasteiger partial charge in [-0.2, -0.15) is 0 Å². The van der Waals surface area contributed by atoms with Crippen molar-refractivity contribution in [2.24, 2.45) is 4.99 Å². The van der Waals surface area contributed by atoms with Gasteiger partial charge in [-0.05, 0) is 18.7 Å². The van der Waals surface area contributed by atoms with E-state index in [0.717, 1.165) is 5.56 Å². The van der Waals surface area contributed by atoms with Gasteiger partial charge < -0.3 is 0 Å². The zero-order valence-corrected chi connectivity index (χ0v) is 10.3. The number of hydrogen-bond donors (Lipinski definition) is 1. The lowest BCUT2D eigenvalue weighted by molar-refractivity contribution is 0.561. The molecule has 1 aliphatic rings. The number of sulfonamides is 1. The summed E-state index contributed by atoms with van der Waals surface area (Å²) in [5.41, 5.74) is 0.0900. The lowest BCUT2D eigenvalue weighted by Gasteiger charge is -2.24. The second-order valence-corrected chi connectivity index (χ2v) is 5.82. The van der Waals surface area contributed by atoms with Crippen molar-refractivity contribution in [2.75, 3.05) is 12.8 Å². The molecule has 1 N–H and O–H groups in total. The molecule has 0 spiro atoms. The van der Waals surface area contributed by atoms with Crippen molar-refractivity contribution in [1.82, 2.24) is 4.72 Å². The van der Waals surface area contributed by atoms with E-state index in [1.54, 1.807) is 12.3 Å². The Bertz CT molecular complexity index is 535. The van der Waals surface area contributed by atoms with Crippen LogP contribution in [-0.2, 0) is 15.6 Å². The van der Waals surface area contributed by atoms with Crippen LogP contribution in [0.4, 0.5) is 0 Å². The SMILES string of the molecule is CNS(=O)(=O)CC1(c2ccccc2)C=CC=N1. The maximum absolute atomic E-state index is 11.7. The summed E-state index contributed by atoms with van der Waals surface area (Å²) >= 11 is 0. The third kappa shape index (κ3) is 2.45. The Balaban J connectivity index is 2.43. The van der Waals surface area contributed by atoms with Crippen LogP contribution in [0.25, 0.3) is 0 Å². The Morgan fingerprint density at radius 3 is 2.53 bits per heavy atom. The molecular formula is C12H14N2O2S. The number of allylic oxidation sites excluding steroid dienone is 1. The van der Waals surface area contributed by atoms with Crippen LogP contribution in [0.1, 0.15) is 5.56 Å². The Kier molecular flexibility index (Phi) is 3.13. The van der Waals surface area contributed by atoms with E-state index >= 15 is 0 Å². The van der Waals surface area contributed by atoms with Crippen LogP contribution in [0, 0.1) is 0 Å². The highest BCUT2D eigenvalue weighted by atomic mass is 32.2. The summed E-state index contributed by atoms with van der Waals surface area (Å²) < 4.78 is 25.8. The van der Waals surface area contributed by atoms with Gasteiger partial charge in [0.2, 0.25) is 10.0 Å². The molecule has 1 unspecified atom stereocenters. The molecule has 0 fully saturated rings. The molecule has 0 saturated heterocycles. The van der Waals surface area contributed by atoms with E-state index < -0.39 is 15.6 Å². The van der Waals surface area contributed by atoms with Crippen LogP contribution < -0.4 is 4.72 Å². The van der Waals surface area contributed by atoms with Crippen molar-refractivity contribution in [3.05, 3.63) is 48.0 Å². The normalized spacial score (nSPS) is 23.1. The molecule has 0 amide bonds. The van der Waals surface area contributed by atoms with E-state index in [2.05, 4.69) is 9.71 Å². The number of nitrogens with zero attached hydrogens (tertiary/aromatic N) is 1. The van der Waals surface area contributed by atoms with Crippen molar-refractivity contribution in [3.8, 4) is 0 Å². The second kappa shape index (κ2) is 4.43. The van der Waals surface area contributed by atoms with Gasteiger partial charge in [0.25, 0.3) is 0 Å².